The molecule has 1 aromatic carbocycles. The Hall–Kier alpha value is -1.66. The Bertz CT molecular complexity index is 782. The van der Waals surface area contributed by atoms with Crippen LogP contribution in [0.1, 0.15) is 39.7 Å². The van der Waals surface area contributed by atoms with E-state index in [9.17, 15) is 9.90 Å². The number of halogens is 1. The van der Waals surface area contributed by atoms with Crippen molar-refractivity contribution in [2.75, 3.05) is 6.61 Å². The van der Waals surface area contributed by atoms with Crippen LogP contribution in [0, 0.1) is 0 Å². The number of fused-ring (bicyclic) bond motifs is 1. The Labute approximate surface area is 147 Å². The van der Waals surface area contributed by atoms with Crippen molar-refractivity contribution in [1.82, 2.24) is 0 Å². The number of carbonyl (C=O) groups excluding carboxylic acids is 1. The largest absolute Gasteiger partial charge is 0.507 e. The summed E-state index contributed by atoms with van der Waals surface area (Å²) >= 11 is 4.91. The zero-order chi connectivity index (χ0) is 16.4. The van der Waals surface area contributed by atoms with E-state index in [2.05, 4.69) is 20.9 Å². The summed E-state index contributed by atoms with van der Waals surface area (Å²) in [5, 5.41) is 10.6. The lowest BCUT2D eigenvalue weighted by Crippen LogP contribution is -2.06. The van der Waals surface area contributed by atoms with Gasteiger partial charge in [0.1, 0.15) is 10.8 Å². The van der Waals surface area contributed by atoms with Crippen LogP contribution in [0.25, 0.3) is 0 Å². The zero-order valence-electron chi connectivity index (χ0n) is 12.6. The van der Waals surface area contributed by atoms with Crippen LogP contribution >= 0.6 is 27.3 Å². The number of carbonyl (C=O) groups is 1. The van der Waals surface area contributed by atoms with Gasteiger partial charge in [-0.15, -0.1) is 11.3 Å². The Morgan fingerprint density at radius 1 is 1.48 bits per heavy atom. The van der Waals surface area contributed by atoms with Gasteiger partial charge in [0.15, 0.2) is 0 Å². The fraction of sp³-hybridized carbons (Fsp3) is 0.294. The zero-order valence-corrected chi connectivity index (χ0v) is 15.0. The number of benzene rings is 1. The van der Waals surface area contributed by atoms with Crippen LogP contribution in [0.3, 0.4) is 0 Å². The molecule has 0 fully saturated rings. The quantitative estimate of drug-likeness (QED) is 0.608. The van der Waals surface area contributed by atoms with Crippen molar-refractivity contribution in [2.24, 2.45) is 4.99 Å². The molecule has 23 heavy (non-hydrogen) atoms. The van der Waals surface area contributed by atoms with Gasteiger partial charge in [0, 0.05) is 21.1 Å². The van der Waals surface area contributed by atoms with E-state index >= 15 is 0 Å². The molecule has 1 aromatic heterocycles. The molecule has 3 rings (SSSR count). The standard InChI is InChI=1S/C17H16BrNO3S/c1-2-22-17(21)15-12-4-3-5-14(12)23-16(15)19-9-10-8-11(18)6-7-13(10)20/h6-9,20H,2-5H2,1H3. The van der Waals surface area contributed by atoms with Gasteiger partial charge in [-0.05, 0) is 49.9 Å². The van der Waals surface area contributed by atoms with Gasteiger partial charge in [0.25, 0.3) is 0 Å². The van der Waals surface area contributed by atoms with Crippen LogP contribution in [-0.4, -0.2) is 23.9 Å². The summed E-state index contributed by atoms with van der Waals surface area (Å²) in [6.45, 7) is 2.14. The number of phenolic OH excluding ortho intramolecular Hbond substituents is 1. The van der Waals surface area contributed by atoms with Crippen LogP contribution < -0.4 is 0 Å². The summed E-state index contributed by atoms with van der Waals surface area (Å²) < 4.78 is 6.04. The number of hydrogen-bond acceptors (Lipinski definition) is 5. The lowest BCUT2D eigenvalue weighted by Gasteiger charge is -2.03. The van der Waals surface area contributed by atoms with Gasteiger partial charge in [-0.2, -0.15) is 0 Å². The first-order valence-corrected chi connectivity index (χ1v) is 9.05. The van der Waals surface area contributed by atoms with Gasteiger partial charge in [-0.25, -0.2) is 9.79 Å². The van der Waals surface area contributed by atoms with E-state index in [0.29, 0.717) is 22.7 Å². The van der Waals surface area contributed by atoms with Crippen LogP contribution in [0.15, 0.2) is 27.7 Å². The van der Waals surface area contributed by atoms with Crippen molar-refractivity contribution in [1.29, 1.82) is 0 Å². The molecule has 0 saturated carbocycles. The third-order valence-electron chi connectivity index (χ3n) is 3.69. The van der Waals surface area contributed by atoms with E-state index < -0.39 is 0 Å². The van der Waals surface area contributed by atoms with Crippen LogP contribution in [0.2, 0.25) is 0 Å². The molecule has 2 aromatic rings. The molecule has 6 heteroatoms. The van der Waals surface area contributed by atoms with Crippen LogP contribution in [-0.2, 0) is 17.6 Å². The van der Waals surface area contributed by atoms with Gasteiger partial charge in [0.2, 0.25) is 0 Å². The molecule has 0 amide bonds. The molecule has 120 valence electrons. The maximum Gasteiger partial charge on any atom is 0.341 e. The van der Waals surface area contributed by atoms with Gasteiger partial charge in [-0.3, -0.25) is 0 Å². The van der Waals surface area contributed by atoms with Crippen molar-refractivity contribution in [3.63, 3.8) is 0 Å². The average molecular weight is 394 g/mol. The van der Waals surface area contributed by atoms with Crippen molar-refractivity contribution < 1.29 is 14.6 Å². The van der Waals surface area contributed by atoms with E-state index in [1.54, 1.807) is 42.7 Å². The number of aliphatic imine (C=N–C) groups is 1. The first kappa shape index (κ1) is 16.2. The van der Waals surface area contributed by atoms with Crippen molar-refractivity contribution >= 4 is 44.5 Å². The SMILES string of the molecule is CCOC(=O)c1c(N=Cc2cc(Br)ccc2O)sc2c1CCC2. The number of ether oxygens (including phenoxy) is 1. The van der Waals surface area contributed by atoms with E-state index in [0.717, 1.165) is 29.3 Å². The first-order valence-electron chi connectivity index (χ1n) is 7.44. The van der Waals surface area contributed by atoms with Gasteiger partial charge in [-0.1, -0.05) is 15.9 Å². The van der Waals surface area contributed by atoms with Crippen molar-refractivity contribution in [3.05, 3.63) is 44.2 Å². The fourth-order valence-electron chi connectivity index (χ4n) is 2.65. The van der Waals surface area contributed by atoms with Gasteiger partial charge in [0.05, 0.1) is 12.2 Å². The smallest absolute Gasteiger partial charge is 0.341 e. The Morgan fingerprint density at radius 2 is 2.30 bits per heavy atom. The molecule has 0 bridgehead atoms. The number of esters is 1. The van der Waals surface area contributed by atoms with Gasteiger partial charge >= 0.3 is 5.97 Å². The second kappa shape index (κ2) is 6.84. The monoisotopic (exact) mass is 393 g/mol. The molecule has 0 atom stereocenters. The summed E-state index contributed by atoms with van der Waals surface area (Å²) in [4.78, 5) is 18.0. The second-order valence-electron chi connectivity index (χ2n) is 5.22. The highest BCUT2D eigenvalue weighted by molar-refractivity contribution is 9.10. The predicted molar refractivity (Wildman–Crippen MR) is 95.4 cm³/mol. The van der Waals surface area contributed by atoms with Crippen molar-refractivity contribution in [2.45, 2.75) is 26.2 Å². The van der Waals surface area contributed by atoms with Crippen LogP contribution in [0.4, 0.5) is 5.00 Å². The van der Waals surface area contributed by atoms with E-state index in [-0.39, 0.29) is 11.7 Å². The average Bonchev–Trinajstić information content (AvgIpc) is 3.08. The maximum absolute atomic E-state index is 12.3. The minimum Gasteiger partial charge on any atom is -0.507 e. The highest BCUT2D eigenvalue weighted by atomic mass is 79.9. The maximum atomic E-state index is 12.3. The molecular formula is C17H16BrNO3S. The lowest BCUT2D eigenvalue weighted by atomic mass is 10.1. The van der Waals surface area contributed by atoms with E-state index in [1.807, 2.05) is 0 Å². The number of aromatic hydroxyl groups is 1. The molecule has 1 heterocycles. The number of phenols is 1. The van der Waals surface area contributed by atoms with E-state index in [1.165, 1.54) is 4.88 Å². The number of thiophene rings is 1. The van der Waals surface area contributed by atoms with E-state index in [4.69, 9.17) is 4.74 Å². The second-order valence-corrected chi connectivity index (χ2v) is 7.22. The summed E-state index contributed by atoms with van der Waals surface area (Å²) in [6, 6.07) is 5.15. The molecule has 0 saturated heterocycles. The normalized spacial score (nSPS) is 13.5. The minimum absolute atomic E-state index is 0.152. The summed E-state index contributed by atoms with van der Waals surface area (Å²) in [5.74, 6) is -0.156. The molecule has 1 aliphatic rings. The molecule has 0 aliphatic heterocycles. The highest BCUT2D eigenvalue weighted by Gasteiger charge is 2.27. The Morgan fingerprint density at radius 3 is 3.09 bits per heavy atom. The fourth-order valence-corrected chi connectivity index (χ4v) is 4.25. The Kier molecular flexibility index (Phi) is 4.82. The van der Waals surface area contributed by atoms with Crippen LogP contribution in [0.5, 0.6) is 5.75 Å². The summed E-state index contributed by atoms with van der Waals surface area (Å²) in [7, 11) is 0. The molecular weight excluding hydrogens is 378 g/mol. The third-order valence-corrected chi connectivity index (χ3v) is 5.39. The molecule has 1 N–H and O–H groups in total. The molecule has 0 spiro atoms. The number of aryl methyl sites for hydroxylation is 1. The predicted octanol–water partition coefficient (Wildman–Crippen LogP) is 4.63. The first-order chi connectivity index (χ1) is 11.1. The topological polar surface area (TPSA) is 58.9 Å². The molecule has 1 aliphatic carbocycles. The molecule has 4 nitrogen and oxygen atoms in total. The van der Waals surface area contributed by atoms with Gasteiger partial charge < -0.3 is 9.84 Å². The lowest BCUT2D eigenvalue weighted by molar-refractivity contribution is 0.0527. The summed E-state index contributed by atoms with van der Waals surface area (Å²) in [6.07, 6.45) is 4.55. The molecule has 0 unspecified atom stereocenters. The Balaban J connectivity index is 1.98. The number of nitrogens with zero attached hydrogens (tertiary/aromatic N) is 1. The summed E-state index contributed by atoms with van der Waals surface area (Å²) in [5.41, 5.74) is 2.27. The van der Waals surface area contributed by atoms with Crippen molar-refractivity contribution in [3.8, 4) is 5.75 Å². The highest BCUT2D eigenvalue weighted by Crippen LogP contribution is 2.41. The molecule has 0 radical (unpaired) electrons. The minimum atomic E-state index is -0.308. The third kappa shape index (κ3) is 3.33. The number of hydrogen-bond donors (Lipinski definition) is 1. The number of rotatable bonds is 4.